The van der Waals surface area contributed by atoms with E-state index in [-0.39, 0.29) is 5.60 Å². The molecule has 1 aliphatic carbocycles. The zero-order valence-electron chi connectivity index (χ0n) is 12.5. The summed E-state index contributed by atoms with van der Waals surface area (Å²) in [6, 6.07) is 8.22. The largest absolute Gasteiger partial charge is 0.372 e. The lowest BCUT2D eigenvalue weighted by Gasteiger charge is -2.35. The molecule has 0 bridgehead atoms. The molecule has 2 fully saturated rings. The Morgan fingerprint density at radius 3 is 2.86 bits per heavy atom. The van der Waals surface area contributed by atoms with Gasteiger partial charge in [-0.3, -0.25) is 4.68 Å². The van der Waals surface area contributed by atoms with E-state index in [9.17, 15) is 0 Å². The zero-order chi connectivity index (χ0) is 15.0. The predicted molar refractivity (Wildman–Crippen MR) is 84.7 cm³/mol. The third-order valence-electron chi connectivity index (χ3n) is 5.35. The van der Waals surface area contributed by atoms with Crippen molar-refractivity contribution in [3.05, 3.63) is 47.5 Å². The molecule has 0 spiro atoms. The standard InChI is InChI=1S/C17H20ClN3O/c18-16-5-1-13(2-6-16)9-15-4-3-14-7-8-22-17(14,15)10-21-12-19-11-20-21/h1-2,5-6,11-12,14-15H,3-4,7-10H2. The van der Waals surface area contributed by atoms with Crippen molar-refractivity contribution in [2.75, 3.05) is 6.61 Å². The Labute approximate surface area is 135 Å². The average Bonchev–Trinajstić information content (AvgIpc) is 3.21. The Balaban J connectivity index is 1.58. The van der Waals surface area contributed by atoms with Crippen molar-refractivity contribution in [2.24, 2.45) is 11.8 Å². The minimum absolute atomic E-state index is 0.0761. The van der Waals surface area contributed by atoms with Crippen LogP contribution >= 0.6 is 11.6 Å². The summed E-state index contributed by atoms with van der Waals surface area (Å²) in [6.07, 6.45) is 8.10. The molecule has 2 aromatic rings. The van der Waals surface area contributed by atoms with Gasteiger partial charge in [-0.25, -0.2) is 4.98 Å². The lowest BCUT2D eigenvalue weighted by atomic mass is 9.81. The highest BCUT2D eigenvalue weighted by Crippen LogP contribution is 2.51. The fourth-order valence-corrected chi connectivity index (χ4v) is 4.42. The van der Waals surface area contributed by atoms with Crippen LogP contribution in [-0.4, -0.2) is 27.0 Å². The van der Waals surface area contributed by atoms with Crippen molar-refractivity contribution < 1.29 is 4.74 Å². The zero-order valence-corrected chi connectivity index (χ0v) is 13.2. The molecule has 1 aromatic heterocycles. The van der Waals surface area contributed by atoms with Gasteiger partial charge in [0.15, 0.2) is 0 Å². The third-order valence-corrected chi connectivity index (χ3v) is 5.61. The van der Waals surface area contributed by atoms with E-state index in [1.54, 1.807) is 12.7 Å². The van der Waals surface area contributed by atoms with Crippen molar-refractivity contribution in [1.82, 2.24) is 14.8 Å². The molecule has 22 heavy (non-hydrogen) atoms. The second-order valence-corrected chi connectivity index (χ2v) is 6.92. The Kier molecular flexibility index (Phi) is 3.66. The molecule has 5 heteroatoms. The van der Waals surface area contributed by atoms with Gasteiger partial charge in [-0.2, -0.15) is 5.10 Å². The molecule has 4 nitrogen and oxygen atoms in total. The maximum absolute atomic E-state index is 6.33. The van der Waals surface area contributed by atoms with Crippen LogP contribution in [0.4, 0.5) is 0 Å². The van der Waals surface area contributed by atoms with E-state index in [1.165, 1.54) is 24.8 Å². The molecule has 3 unspecified atom stereocenters. The van der Waals surface area contributed by atoms with Crippen molar-refractivity contribution in [2.45, 2.75) is 37.8 Å². The molecule has 0 radical (unpaired) electrons. The number of rotatable bonds is 4. The number of ether oxygens (including phenoxy) is 1. The van der Waals surface area contributed by atoms with Crippen LogP contribution < -0.4 is 0 Å². The van der Waals surface area contributed by atoms with E-state index in [1.807, 2.05) is 16.8 Å². The number of benzene rings is 1. The quantitative estimate of drug-likeness (QED) is 0.868. The number of hydrogen-bond donors (Lipinski definition) is 0. The van der Waals surface area contributed by atoms with Crippen molar-refractivity contribution in [3.8, 4) is 0 Å². The highest BCUT2D eigenvalue weighted by molar-refractivity contribution is 6.30. The number of halogens is 1. The highest BCUT2D eigenvalue weighted by Gasteiger charge is 2.54. The Morgan fingerprint density at radius 1 is 1.23 bits per heavy atom. The van der Waals surface area contributed by atoms with E-state index >= 15 is 0 Å². The molecule has 1 saturated carbocycles. The topological polar surface area (TPSA) is 39.9 Å². The van der Waals surface area contributed by atoms with E-state index in [0.29, 0.717) is 11.8 Å². The van der Waals surface area contributed by atoms with E-state index < -0.39 is 0 Å². The first-order chi connectivity index (χ1) is 10.8. The van der Waals surface area contributed by atoms with Gasteiger partial charge in [0.05, 0.1) is 12.1 Å². The molecule has 0 N–H and O–H groups in total. The molecule has 116 valence electrons. The van der Waals surface area contributed by atoms with Crippen LogP contribution in [0.5, 0.6) is 0 Å². The van der Waals surface area contributed by atoms with Crippen LogP contribution in [-0.2, 0) is 17.7 Å². The first-order valence-electron chi connectivity index (χ1n) is 7.97. The predicted octanol–water partition coefficient (Wildman–Crippen LogP) is 3.36. The van der Waals surface area contributed by atoms with Crippen molar-refractivity contribution in [3.63, 3.8) is 0 Å². The molecule has 2 aliphatic rings. The second kappa shape index (κ2) is 5.67. The van der Waals surface area contributed by atoms with E-state index in [2.05, 4.69) is 22.2 Å². The van der Waals surface area contributed by atoms with Gasteiger partial charge in [0.2, 0.25) is 0 Å². The molecule has 2 heterocycles. The molecule has 1 aliphatic heterocycles. The lowest BCUT2D eigenvalue weighted by molar-refractivity contribution is -0.0600. The Bertz CT molecular complexity index is 628. The van der Waals surface area contributed by atoms with Gasteiger partial charge in [-0.1, -0.05) is 23.7 Å². The number of fused-ring (bicyclic) bond motifs is 1. The monoisotopic (exact) mass is 317 g/mol. The van der Waals surface area contributed by atoms with Crippen molar-refractivity contribution >= 4 is 11.6 Å². The van der Waals surface area contributed by atoms with Gasteiger partial charge in [-0.05, 0) is 55.2 Å². The first-order valence-corrected chi connectivity index (χ1v) is 8.35. The summed E-state index contributed by atoms with van der Waals surface area (Å²) in [5, 5.41) is 5.09. The second-order valence-electron chi connectivity index (χ2n) is 6.49. The van der Waals surface area contributed by atoms with Crippen LogP contribution in [0.1, 0.15) is 24.8 Å². The molecule has 0 amide bonds. The van der Waals surface area contributed by atoms with Crippen LogP contribution in [0.2, 0.25) is 5.02 Å². The van der Waals surface area contributed by atoms with Crippen LogP contribution in [0.3, 0.4) is 0 Å². The Morgan fingerprint density at radius 2 is 2.09 bits per heavy atom. The average molecular weight is 318 g/mol. The van der Waals surface area contributed by atoms with Crippen molar-refractivity contribution in [1.29, 1.82) is 0 Å². The number of aromatic nitrogens is 3. The summed E-state index contributed by atoms with van der Waals surface area (Å²) < 4.78 is 8.26. The molecular formula is C17H20ClN3O. The fraction of sp³-hybridized carbons (Fsp3) is 0.529. The lowest BCUT2D eigenvalue weighted by Crippen LogP contribution is -2.43. The fourth-order valence-electron chi connectivity index (χ4n) is 4.29. The SMILES string of the molecule is Clc1ccc(CC2CCC3CCOC32Cn2cncn2)cc1. The van der Waals surface area contributed by atoms with Gasteiger partial charge >= 0.3 is 0 Å². The summed E-state index contributed by atoms with van der Waals surface area (Å²) >= 11 is 6.00. The summed E-state index contributed by atoms with van der Waals surface area (Å²) in [7, 11) is 0. The summed E-state index contributed by atoms with van der Waals surface area (Å²) in [6.45, 7) is 1.69. The maximum Gasteiger partial charge on any atom is 0.137 e. The Hall–Kier alpha value is -1.39. The minimum atomic E-state index is -0.0761. The minimum Gasteiger partial charge on any atom is -0.372 e. The van der Waals surface area contributed by atoms with Gasteiger partial charge in [-0.15, -0.1) is 0 Å². The van der Waals surface area contributed by atoms with E-state index in [0.717, 1.165) is 24.6 Å². The summed E-state index contributed by atoms with van der Waals surface area (Å²) in [5.74, 6) is 1.18. The van der Waals surface area contributed by atoms with Gasteiger partial charge in [0, 0.05) is 11.6 Å². The molecule has 1 saturated heterocycles. The van der Waals surface area contributed by atoms with Gasteiger partial charge < -0.3 is 4.74 Å². The molecular weight excluding hydrogens is 298 g/mol. The van der Waals surface area contributed by atoms with Gasteiger partial charge in [0.1, 0.15) is 12.7 Å². The van der Waals surface area contributed by atoms with Gasteiger partial charge in [0.25, 0.3) is 0 Å². The molecule has 4 rings (SSSR count). The van der Waals surface area contributed by atoms with E-state index in [4.69, 9.17) is 16.3 Å². The number of nitrogens with zero attached hydrogens (tertiary/aromatic N) is 3. The summed E-state index contributed by atoms with van der Waals surface area (Å²) in [4.78, 5) is 4.08. The van der Waals surface area contributed by atoms with Crippen LogP contribution in [0.25, 0.3) is 0 Å². The normalized spacial score (nSPS) is 30.6. The smallest absolute Gasteiger partial charge is 0.137 e. The van der Waals surface area contributed by atoms with Crippen LogP contribution in [0, 0.1) is 11.8 Å². The molecule has 1 aromatic carbocycles. The molecule has 3 atom stereocenters. The summed E-state index contributed by atoms with van der Waals surface area (Å²) in [5.41, 5.74) is 1.26. The maximum atomic E-state index is 6.33. The number of hydrogen-bond acceptors (Lipinski definition) is 3. The highest BCUT2D eigenvalue weighted by atomic mass is 35.5. The third kappa shape index (κ3) is 2.44. The van der Waals surface area contributed by atoms with Crippen LogP contribution in [0.15, 0.2) is 36.9 Å². The first kappa shape index (κ1) is 14.2.